The van der Waals surface area contributed by atoms with E-state index in [2.05, 4.69) is 33.2 Å². The average Bonchev–Trinajstić information content (AvgIpc) is 2.87. The molecule has 0 spiro atoms. The molecule has 0 fully saturated rings. The predicted molar refractivity (Wildman–Crippen MR) is 69.5 cm³/mol. The Morgan fingerprint density at radius 2 is 2.44 bits per heavy atom. The topological polar surface area (TPSA) is 38.1 Å². The lowest BCUT2D eigenvalue weighted by Crippen LogP contribution is -2.12. The first-order chi connectivity index (χ1) is 7.81. The third-order valence-corrected chi connectivity index (χ3v) is 3.71. The second-order valence-electron chi connectivity index (χ2n) is 3.41. The molecule has 2 aromatic heterocycles. The summed E-state index contributed by atoms with van der Waals surface area (Å²) in [6.07, 6.45) is 4.71. The predicted octanol–water partition coefficient (Wildman–Crippen LogP) is 3.67. The zero-order valence-electron chi connectivity index (χ0n) is 9.00. The minimum atomic E-state index is 0.812. The maximum absolute atomic E-state index is 5.37. The van der Waals surface area contributed by atoms with E-state index in [0.717, 1.165) is 34.8 Å². The summed E-state index contributed by atoms with van der Waals surface area (Å²) in [4.78, 5) is 5.58. The van der Waals surface area contributed by atoms with Gasteiger partial charge in [-0.3, -0.25) is 0 Å². The van der Waals surface area contributed by atoms with Crippen LogP contribution in [0.25, 0.3) is 10.8 Å². The van der Waals surface area contributed by atoms with Crippen molar-refractivity contribution in [2.45, 2.75) is 19.9 Å². The van der Waals surface area contributed by atoms with Crippen molar-refractivity contribution in [3.05, 3.63) is 27.9 Å². The second kappa shape index (κ2) is 5.61. The number of aromatic nitrogens is 1. The third-order valence-electron chi connectivity index (χ3n) is 2.09. The molecular weight excluding hydrogens is 288 g/mol. The highest BCUT2D eigenvalue weighted by Crippen LogP contribution is 2.32. The van der Waals surface area contributed by atoms with Crippen LogP contribution in [0.15, 0.2) is 27.4 Å². The monoisotopic (exact) mass is 300 g/mol. The molecule has 2 aromatic rings. The van der Waals surface area contributed by atoms with E-state index in [-0.39, 0.29) is 0 Å². The lowest BCUT2D eigenvalue weighted by atomic mass is 10.4. The largest absolute Gasteiger partial charge is 0.461 e. The van der Waals surface area contributed by atoms with E-state index in [0.29, 0.717) is 0 Å². The Labute approximate surface area is 107 Å². The number of hydrogen-bond donors (Lipinski definition) is 1. The zero-order valence-corrected chi connectivity index (χ0v) is 11.4. The molecule has 0 atom stereocenters. The van der Waals surface area contributed by atoms with Crippen LogP contribution < -0.4 is 5.32 Å². The molecule has 3 nitrogen and oxygen atoms in total. The van der Waals surface area contributed by atoms with Gasteiger partial charge in [0.1, 0.15) is 0 Å². The lowest BCUT2D eigenvalue weighted by Gasteiger charge is -1.97. The highest BCUT2D eigenvalue weighted by Gasteiger charge is 2.11. The molecule has 86 valence electrons. The molecule has 0 aromatic carbocycles. The molecular formula is C11H13BrN2OS. The van der Waals surface area contributed by atoms with Crippen molar-refractivity contribution in [3.8, 4) is 10.8 Å². The smallest absolute Gasteiger partial charge is 0.176 e. The number of nitrogens with one attached hydrogen (secondary N) is 1. The first-order valence-corrected chi connectivity index (χ1v) is 6.81. The van der Waals surface area contributed by atoms with E-state index in [1.54, 1.807) is 17.6 Å². The number of furan rings is 1. The Bertz CT molecular complexity index is 452. The fourth-order valence-electron chi connectivity index (χ4n) is 1.33. The van der Waals surface area contributed by atoms with Gasteiger partial charge in [0.15, 0.2) is 10.8 Å². The fourth-order valence-corrected chi connectivity index (χ4v) is 2.73. The molecule has 5 heteroatoms. The average molecular weight is 301 g/mol. The molecule has 0 aliphatic rings. The molecule has 2 rings (SSSR count). The summed E-state index contributed by atoms with van der Waals surface area (Å²) in [5.74, 6) is 0.812. The van der Waals surface area contributed by atoms with Gasteiger partial charge in [-0.25, -0.2) is 4.98 Å². The Morgan fingerprint density at radius 3 is 3.12 bits per heavy atom. The van der Waals surface area contributed by atoms with Crippen LogP contribution in [0.3, 0.4) is 0 Å². The molecule has 0 saturated carbocycles. The zero-order chi connectivity index (χ0) is 11.4. The van der Waals surface area contributed by atoms with Gasteiger partial charge in [0.2, 0.25) is 0 Å². The van der Waals surface area contributed by atoms with Crippen molar-refractivity contribution >= 4 is 27.3 Å². The maximum atomic E-state index is 5.37. The second-order valence-corrected chi connectivity index (χ2v) is 5.38. The summed E-state index contributed by atoms with van der Waals surface area (Å²) >= 11 is 5.09. The Balaban J connectivity index is 2.05. The normalized spacial score (nSPS) is 10.9. The van der Waals surface area contributed by atoms with Gasteiger partial charge in [-0.2, -0.15) is 0 Å². The van der Waals surface area contributed by atoms with Crippen molar-refractivity contribution in [2.75, 3.05) is 6.54 Å². The Morgan fingerprint density at radius 1 is 1.56 bits per heavy atom. The lowest BCUT2D eigenvalue weighted by molar-refractivity contribution is 0.580. The van der Waals surface area contributed by atoms with Gasteiger partial charge in [-0.05, 0) is 35.0 Å². The molecule has 1 N–H and O–H groups in total. The summed E-state index contributed by atoms with van der Waals surface area (Å²) < 4.78 is 6.32. The van der Waals surface area contributed by atoms with Crippen molar-refractivity contribution in [3.63, 3.8) is 0 Å². The summed E-state index contributed by atoms with van der Waals surface area (Å²) in [5, 5.41) is 4.27. The maximum Gasteiger partial charge on any atom is 0.176 e. The standard InChI is InChI=1S/C11H13BrN2OS/c1-2-4-13-6-8-7-14-11(16-8)10-9(12)3-5-15-10/h3,5,7,13H,2,4,6H2,1H3. The van der Waals surface area contributed by atoms with Crippen LogP contribution in [-0.2, 0) is 6.54 Å². The van der Waals surface area contributed by atoms with E-state index in [4.69, 9.17) is 4.42 Å². The summed E-state index contributed by atoms with van der Waals surface area (Å²) in [6, 6.07) is 1.88. The Hall–Kier alpha value is -0.650. The highest BCUT2D eigenvalue weighted by molar-refractivity contribution is 9.10. The number of nitrogens with zero attached hydrogens (tertiary/aromatic N) is 1. The van der Waals surface area contributed by atoms with E-state index in [1.807, 2.05) is 12.3 Å². The van der Waals surface area contributed by atoms with Crippen LogP contribution in [0.1, 0.15) is 18.2 Å². The van der Waals surface area contributed by atoms with Crippen LogP contribution in [0.5, 0.6) is 0 Å². The molecule has 0 aliphatic carbocycles. The number of rotatable bonds is 5. The minimum absolute atomic E-state index is 0.812. The van der Waals surface area contributed by atoms with Gasteiger partial charge in [-0.1, -0.05) is 6.92 Å². The van der Waals surface area contributed by atoms with Crippen LogP contribution in [0, 0.1) is 0 Å². The van der Waals surface area contributed by atoms with Gasteiger partial charge in [0, 0.05) is 17.6 Å². The van der Waals surface area contributed by atoms with Crippen LogP contribution >= 0.6 is 27.3 Å². The molecule has 0 amide bonds. The van der Waals surface area contributed by atoms with Crippen molar-refractivity contribution in [1.29, 1.82) is 0 Å². The van der Waals surface area contributed by atoms with Gasteiger partial charge in [-0.15, -0.1) is 11.3 Å². The minimum Gasteiger partial charge on any atom is -0.461 e. The van der Waals surface area contributed by atoms with Crippen molar-refractivity contribution in [2.24, 2.45) is 0 Å². The summed E-state index contributed by atoms with van der Waals surface area (Å²) in [6.45, 7) is 4.08. The van der Waals surface area contributed by atoms with Gasteiger partial charge in [0.25, 0.3) is 0 Å². The van der Waals surface area contributed by atoms with Crippen LogP contribution in [-0.4, -0.2) is 11.5 Å². The highest BCUT2D eigenvalue weighted by atomic mass is 79.9. The van der Waals surface area contributed by atoms with E-state index in [1.165, 1.54) is 4.88 Å². The van der Waals surface area contributed by atoms with Gasteiger partial charge < -0.3 is 9.73 Å². The summed E-state index contributed by atoms with van der Waals surface area (Å²) in [7, 11) is 0. The first-order valence-electron chi connectivity index (χ1n) is 5.20. The quantitative estimate of drug-likeness (QED) is 0.856. The van der Waals surface area contributed by atoms with E-state index >= 15 is 0 Å². The van der Waals surface area contributed by atoms with Crippen LogP contribution in [0.4, 0.5) is 0 Å². The van der Waals surface area contributed by atoms with Crippen molar-refractivity contribution < 1.29 is 4.42 Å². The van der Waals surface area contributed by atoms with Crippen LogP contribution in [0.2, 0.25) is 0 Å². The van der Waals surface area contributed by atoms with Gasteiger partial charge in [0.05, 0.1) is 10.7 Å². The Kier molecular flexibility index (Phi) is 4.15. The molecule has 0 saturated heterocycles. The molecule has 0 unspecified atom stereocenters. The molecule has 0 radical (unpaired) electrons. The van der Waals surface area contributed by atoms with E-state index in [9.17, 15) is 0 Å². The van der Waals surface area contributed by atoms with E-state index < -0.39 is 0 Å². The first kappa shape index (κ1) is 11.8. The SMILES string of the molecule is CCCNCc1cnc(-c2occc2Br)s1. The number of halogens is 1. The summed E-state index contributed by atoms with van der Waals surface area (Å²) in [5.41, 5.74) is 0. The molecule has 0 bridgehead atoms. The number of hydrogen-bond acceptors (Lipinski definition) is 4. The molecule has 0 aliphatic heterocycles. The fraction of sp³-hybridized carbons (Fsp3) is 0.364. The van der Waals surface area contributed by atoms with Gasteiger partial charge >= 0.3 is 0 Å². The van der Waals surface area contributed by atoms with Crippen molar-refractivity contribution in [1.82, 2.24) is 10.3 Å². The third kappa shape index (κ3) is 2.72. The molecule has 2 heterocycles. The molecule has 16 heavy (non-hydrogen) atoms. The number of thiazole rings is 1.